The topological polar surface area (TPSA) is 202 Å². The second-order valence-corrected chi connectivity index (χ2v) is 11.4. The van der Waals surface area contributed by atoms with Crippen molar-refractivity contribution < 1.29 is 29.1 Å². The number of hydrogen-bond acceptors (Lipinski definition) is 12. The van der Waals surface area contributed by atoms with Crippen LogP contribution in [0, 0.1) is 0 Å². The molecule has 0 amide bonds. The summed E-state index contributed by atoms with van der Waals surface area (Å²) in [6, 6.07) is 19.1. The predicted molar refractivity (Wildman–Crippen MR) is 190 cm³/mol. The molecule has 16 heteroatoms. The van der Waals surface area contributed by atoms with E-state index in [-0.39, 0.29) is 0 Å². The molecule has 14 nitrogen and oxygen atoms in total. The van der Waals surface area contributed by atoms with Crippen molar-refractivity contribution in [2.24, 2.45) is 0 Å². The van der Waals surface area contributed by atoms with E-state index in [9.17, 15) is 9.59 Å². The number of rotatable bonds is 4. The lowest BCUT2D eigenvalue weighted by Crippen LogP contribution is -2.30. The summed E-state index contributed by atoms with van der Waals surface area (Å²) >= 11 is 3.27. The number of carbonyl (C=O) groups is 2. The quantitative estimate of drug-likeness (QED) is 0.147. The van der Waals surface area contributed by atoms with Gasteiger partial charge in [0, 0.05) is 63.6 Å². The van der Waals surface area contributed by atoms with E-state index in [4.69, 9.17) is 14.8 Å². The fraction of sp³-hybridized carbons (Fsp3) is 0.0588. The van der Waals surface area contributed by atoms with E-state index >= 15 is 0 Å². The van der Waals surface area contributed by atoms with Gasteiger partial charge in [0.05, 0.1) is 25.0 Å². The number of aromatic nitrogens is 8. The van der Waals surface area contributed by atoms with Crippen molar-refractivity contribution in [2.45, 2.75) is 0 Å². The molecule has 0 aliphatic carbocycles. The van der Waals surface area contributed by atoms with E-state index in [0.29, 0.717) is 38.9 Å². The summed E-state index contributed by atoms with van der Waals surface area (Å²) in [5.74, 6) is -0.921. The molecule has 0 aliphatic heterocycles. The van der Waals surface area contributed by atoms with Crippen LogP contribution in [-0.2, 0) is 9.47 Å². The van der Waals surface area contributed by atoms with Crippen molar-refractivity contribution in [1.82, 2.24) is 40.3 Å². The van der Waals surface area contributed by atoms with Crippen LogP contribution in [0.5, 0.6) is 0 Å². The van der Waals surface area contributed by atoms with Gasteiger partial charge in [-0.05, 0) is 44.2 Å². The van der Waals surface area contributed by atoms with Crippen molar-refractivity contribution in [3.05, 3.63) is 114 Å². The third kappa shape index (κ3) is 7.02. The number of H-pyrrole nitrogens is 2. The first-order valence-corrected chi connectivity index (χ1v) is 15.6. The molecule has 8 aromatic rings. The average molecular weight is 733 g/mol. The number of nitrogens with zero attached hydrogens (tertiary/aromatic N) is 6. The van der Waals surface area contributed by atoms with Gasteiger partial charge in [-0.2, -0.15) is 10.2 Å². The number of esters is 2. The van der Waals surface area contributed by atoms with Gasteiger partial charge in [0.25, 0.3) is 0 Å². The van der Waals surface area contributed by atoms with E-state index < -0.39 is 19.1 Å². The zero-order valence-electron chi connectivity index (χ0n) is 26.4. The Kier molecular flexibility index (Phi) is 10.1. The standard InChI is InChI=1S/C17H12N4O2.C9H8BNO2.C8H6BrN3O2/c1-23-17(22)15-13-6-11(8-19-16(13)21-20-15)14-9-18-7-10-4-2-3-5-12(10)14;12-10(13)9-6-11-5-7-3-1-2-4-8(7)9;1-14-8(13)6-5-2-4(9)3-10-7(5)12-11-6/h2-9H,1H3,(H,19,20,21);1-6,12-13H;2-3H,1H3,(H,10,11,12). The lowest BCUT2D eigenvalue weighted by molar-refractivity contribution is 0.0587. The molecule has 0 fully saturated rings. The number of pyridine rings is 4. The normalized spacial score (nSPS) is 10.7. The van der Waals surface area contributed by atoms with Gasteiger partial charge in [-0.3, -0.25) is 20.2 Å². The second-order valence-electron chi connectivity index (χ2n) is 10.5. The molecule has 0 radical (unpaired) electrons. The summed E-state index contributed by atoms with van der Waals surface area (Å²) in [6.45, 7) is 0. The van der Waals surface area contributed by atoms with Gasteiger partial charge in [0.1, 0.15) is 0 Å². The Labute approximate surface area is 291 Å². The number of aromatic amines is 2. The molecule has 0 bridgehead atoms. The van der Waals surface area contributed by atoms with Gasteiger partial charge in [-0.1, -0.05) is 48.5 Å². The number of carbonyl (C=O) groups excluding carboxylic acids is 2. The van der Waals surface area contributed by atoms with Gasteiger partial charge in [-0.25, -0.2) is 19.6 Å². The summed E-state index contributed by atoms with van der Waals surface area (Å²) < 4.78 is 10.1. The average Bonchev–Trinajstić information content (AvgIpc) is 3.78. The first kappa shape index (κ1) is 33.8. The van der Waals surface area contributed by atoms with Crippen LogP contribution in [0.15, 0.2) is 102 Å². The fourth-order valence-corrected chi connectivity index (χ4v) is 5.46. The van der Waals surface area contributed by atoms with Crippen LogP contribution in [0.3, 0.4) is 0 Å². The molecule has 6 aromatic heterocycles. The lowest BCUT2D eigenvalue weighted by Gasteiger charge is -2.06. The Balaban J connectivity index is 0.000000138. The summed E-state index contributed by atoms with van der Waals surface area (Å²) in [7, 11) is 1.19. The summed E-state index contributed by atoms with van der Waals surface area (Å²) in [5.41, 5.74) is 3.85. The maximum Gasteiger partial charge on any atom is 0.490 e. The molecular weight excluding hydrogens is 707 g/mol. The monoisotopic (exact) mass is 732 g/mol. The number of benzene rings is 2. The van der Waals surface area contributed by atoms with E-state index in [1.54, 1.807) is 30.9 Å². The highest BCUT2D eigenvalue weighted by atomic mass is 79.9. The Morgan fingerprint density at radius 1 is 0.680 bits per heavy atom. The van der Waals surface area contributed by atoms with Gasteiger partial charge >= 0.3 is 19.1 Å². The van der Waals surface area contributed by atoms with Crippen molar-refractivity contribution in [2.75, 3.05) is 14.2 Å². The SMILES string of the molecule is COC(=O)c1[nH]nc2ncc(-c3cncc4ccccc34)cc12.COC(=O)c1[nH]nc2ncc(Br)cc12.OB(O)c1cncc2ccccc12. The number of ether oxygens (including phenoxy) is 2. The molecular formula is C34H26BBrN8O6. The van der Waals surface area contributed by atoms with Gasteiger partial charge in [-0.15, -0.1) is 0 Å². The largest absolute Gasteiger partial charge is 0.490 e. The van der Waals surface area contributed by atoms with Crippen molar-refractivity contribution >= 4 is 84.1 Å². The third-order valence-electron chi connectivity index (χ3n) is 7.52. The number of nitrogens with one attached hydrogen (secondary N) is 2. The Morgan fingerprint density at radius 2 is 1.22 bits per heavy atom. The molecule has 248 valence electrons. The Hall–Kier alpha value is -6.10. The molecule has 0 aliphatic rings. The number of halogens is 1. The highest BCUT2D eigenvalue weighted by Crippen LogP contribution is 2.29. The van der Waals surface area contributed by atoms with Crippen molar-refractivity contribution in [1.29, 1.82) is 0 Å². The lowest BCUT2D eigenvalue weighted by atomic mass is 9.78. The Morgan fingerprint density at radius 3 is 1.84 bits per heavy atom. The third-order valence-corrected chi connectivity index (χ3v) is 7.95. The molecule has 0 spiro atoms. The van der Waals surface area contributed by atoms with E-state index in [2.05, 4.69) is 61.0 Å². The fourth-order valence-electron chi connectivity index (χ4n) is 5.13. The number of hydrogen-bond donors (Lipinski definition) is 4. The highest BCUT2D eigenvalue weighted by molar-refractivity contribution is 9.10. The molecule has 8 rings (SSSR count). The Bertz CT molecular complexity index is 2480. The maximum absolute atomic E-state index is 11.8. The van der Waals surface area contributed by atoms with Crippen LogP contribution in [0.2, 0.25) is 0 Å². The molecule has 0 saturated heterocycles. The minimum atomic E-state index is -1.46. The first-order valence-electron chi connectivity index (χ1n) is 14.8. The smallest absolute Gasteiger partial charge is 0.464 e. The number of methoxy groups -OCH3 is 2. The van der Waals surface area contributed by atoms with Gasteiger partial charge in [0.15, 0.2) is 22.7 Å². The molecule has 6 heterocycles. The molecule has 4 N–H and O–H groups in total. The van der Waals surface area contributed by atoms with Crippen LogP contribution in [0.4, 0.5) is 0 Å². The second kappa shape index (κ2) is 15.0. The molecule has 0 saturated carbocycles. The van der Waals surface area contributed by atoms with Crippen molar-refractivity contribution in [3.63, 3.8) is 0 Å². The minimum absolute atomic E-state index is 0.296. The molecule has 0 atom stereocenters. The maximum atomic E-state index is 11.8. The van der Waals surface area contributed by atoms with Crippen LogP contribution < -0.4 is 5.46 Å². The molecule has 2 aromatic carbocycles. The summed E-state index contributed by atoms with van der Waals surface area (Å²) in [5, 5.41) is 36.4. The highest BCUT2D eigenvalue weighted by Gasteiger charge is 2.17. The van der Waals surface area contributed by atoms with E-state index in [1.807, 2.05) is 60.8 Å². The first-order chi connectivity index (χ1) is 24.3. The molecule has 0 unspecified atom stereocenters. The molecule has 50 heavy (non-hydrogen) atoms. The van der Waals surface area contributed by atoms with E-state index in [0.717, 1.165) is 37.1 Å². The van der Waals surface area contributed by atoms with E-state index in [1.165, 1.54) is 20.4 Å². The van der Waals surface area contributed by atoms with Crippen LogP contribution in [0.1, 0.15) is 21.0 Å². The zero-order chi connectivity index (χ0) is 35.2. The van der Waals surface area contributed by atoms with Crippen LogP contribution in [-0.4, -0.2) is 83.7 Å². The zero-order valence-corrected chi connectivity index (χ0v) is 28.0. The van der Waals surface area contributed by atoms with Crippen molar-refractivity contribution in [3.8, 4) is 11.1 Å². The van der Waals surface area contributed by atoms with Gasteiger partial charge < -0.3 is 19.5 Å². The van der Waals surface area contributed by atoms with Crippen LogP contribution in [0.25, 0.3) is 54.7 Å². The number of fused-ring (bicyclic) bond motifs is 4. The summed E-state index contributed by atoms with van der Waals surface area (Å²) in [6.07, 6.45) is 10.1. The minimum Gasteiger partial charge on any atom is -0.464 e. The van der Waals surface area contributed by atoms with Crippen LogP contribution >= 0.6 is 15.9 Å². The van der Waals surface area contributed by atoms with Gasteiger partial charge in [0.2, 0.25) is 0 Å². The predicted octanol–water partition coefficient (Wildman–Crippen LogP) is 4.38. The summed E-state index contributed by atoms with van der Waals surface area (Å²) in [4.78, 5) is 39.6.